The third-order valence-electron chi connectivity index (χ3n) is 1.52. The fourth-order valence-electron chi connectivity index (χ4n) is 0.971. The van der Waals surface area contributed by atoms with Crippen LogP contribution in [0.15, 0.2) is 18.2 Å². The SMILES string of the molecule is CC(=O)Cc1c(O)cccc1I. The molecule has 0 unspecified atom stereocenters. The molecule has 0 aliphatic carbocycles. The van der Waals surface area contributed by atoms with Gasteiger partial charge < -0.3 is 5.11 Å². The van der Waals surface area contributed by atoms with Crippen LogP contribution in [-0.4, -0.2) is 10.9 Å². The maximum absolute atomic E-state index is 10.8. The highest BCUT2D eigenvalue weighted by atomic mass is 127. The first-order chi connectivity index (χ1) is 5.61. The zero-order valence-corrected chi connectivity index (χ0v) is 8.83. The Labute approximate surface area is 84.7 Å². The third kappa shape index (κ3) is 2.20. The van der Waals surface area contributed by atoms with E-state index in [1.165, 1.54) is 6.92 Å². The van der Waals surface area contributed by atoms with Gasteiger partial charge in [0.25, 0.3) is 0 Å². The second-order valence-corrected chi connectivity index (χ2v) is 3.78. The van der Waals surface area contributed by atoms with Crippen molar-refractivity contribution in [3.8, 4) is 5.75 Å². The Kier molecular flexibility index (Phi) is 3.08. The molecule has 0 fully saturated rings. The average molecular weight is 276 g/mol. The largest absolute Gasteiger partial charge is 0.508 e. The number of benzene rings is 1. The van der Waals surface area contributed by atoms with Gasteiger partial charge in [0.15, 0.2) is 0 Å². The van der Waals surface area contributed by atoms with E-state index in [0.29, 0.717) is 6.42 Å². The molecule has 1 aromatic rings. The normalized spacial score (nSPS) is 9.83. The number of phenolic OH excluding ortho intramolecular Hbond substituents is 1. The molecular formula is C9H9IO2. The Bertz CT molecular complexity index is 287. The average Bonchev–Trinajstić information content (AvgIpc) is 1.97. The quantitative estimate of drug-likeness (QED) is 0.840. The molecule has 1 rings (SSSR count). The van der Waals surface area contributed by atoms with E-state index in [2.05, 4.69) is 22.6 Å². The molecule has 0 radical (unpaired) electrons. The summed E-state index contributed by atoms with van der Waals surface area (Å²) in [5.41, 5.74) is 0.727. The first-order valence-electron chi connectivity index (χ1n) is 3.57. The number of aromatic hydroxyl groups is 1. The van der Waals surface area contributed by atoms with Gasteiger partial charge in [-0.1, -0.05) is 6.07 Å². The number of phenols is 1. The topological polar surface area (TPSA) is 37.3 Å². The van der Waals surface area contributed by atoms with Gasteiger partial charge in [-0.3, -0.25) is 4.79 Å². The van der Waals surface area contributed by atoms with Crippen LogP contribution in [0.3, 0.4) is 0 Å². The second kappa shape index (κ2) is 3.89. The summed E-state index contributed by atoms with van der Waals surface area (Å²) in [6.45, 7) is 1.52. The van der Waals surface area contributed by atoms with Crippen LogP contribution in [0.25, 0.3) is 0 Å². The lowest BCUT2D eigenvalue weighted by atomic mass is 10.1. The molecule has 0 aliphatic rings. The van der Waals surface area contributed by atoms with Crippen LogP contribution in [-0.2, 0) is 11.2 Å². The van der Waals surface area contributed by atoms with Crippen molar-refractivity contribution in [2.45, 2.75) is 13.3 Å². The van der Waals surface area contributed by atoms with Gasteiger partial charge in [0.05, 0.1) is 0 Å². The Balaban J connectivity index is 3.04. The lowest BCUT2D eigenvalue weighted by Gasteiger charge is -2.03. The van der Waals surface area contributed by atoms with Gasteiger partial charge in [0.2, 0.25) is 0 Å². The van der Waals surface area contributed by atoms with Crippen molar-refractivity contribution in [1.29, 1.82) is 0 Å². The fraction of sp³-hybridized carbons (Fsp3) is 0.222. The van der Waals surface area contributed by atoms with Crippen LogP contribution in [0.5, 0.6) is 5.75 Å². The minimum atomic E-state index is 0.0643. The monoisotopic (exact) mass is 276 g/mol. The molecule has 0 atom stereocenters. The summed E-state index contributed by atoms with van der Waals surface area (Å²) in [7, 11) is 0. The molecule has 2 nitrogen and oxygen atoms in total. The number of hydrogen-bond acceptors (Lipinski definition) is 2. The number of carbonyl (C=O) groups excluding carboxylic acids is 1. The second-order valence-electron chi connectivity index (χ2n) is 2.62. The Morgan fingerprint density at radius 2 is 2.25 bits per heavy atom. The van der Waals surface area contributed by atoms with Crippen molar-refractivity contribution >= 4 is 28.4 Å². The molecule has 0 saturated heterocycles. The van der Waals surface area contributed by atoms with Gasteiger partial charge in [-0.05, 0) is 41.6 Å². The lowest BCUT2D eigenvalue weighted by molar-refractivity contribution is -0.116. The number of hydrogen-bond donors (Lipinski definition) is 1. The highest BCUT2D eigenvalue weighted by Crippen LogP contribution is 2.22. The van der Waals surface area contributed by atoms with Gasteiger partial charge in [-0.15, -0.1) is 0 Å². The Morgan fingerprint density at radius 1 is 1.58 bits per heavy atom. The predicted molar refractivity (Wildman–Crippen MR) is 55.2 cm³/mol. The highest BCUT2D eigenvalue weighted by molar-refractivity contribution is 14.1. The molecule has 3 heteroatoms. The first-order valence-corrected chi connectivity index (χ1v) is 4.65. The maximum atomic E-state index is 10.8. The van der Waals surface area contributed by atoms with E-state index in [1.807, 2.05) is 6.07 Å². The molecule has 0 aromatic heterocycles. The lowest BCUT2D eigenvalue weighted by Crippen LogP contribution is -1.98. The number of Topliss-reactive ketones (excluding diaryl/α,β-unsaturated/α-hetero) is 1. The molecule has 0 aliphatic heterocycles. The van der Waals surface area contributed by atoms with Gasteiger partial charge in [0, 0.05) is 15.6 Å². The van der Waals surface area contributed by atoms with Crippen LogP contribution in [0, 0.1) is 3.57 Å². The molecule has 0 saturated carbocycles. The van der Waals surface area contributed by atoms with Crippen LogP contribution >= 0.6 is 22.6 Å². The van der Waals surface area contributed by atoms with E-state index >= 15 is 0 Å². The molecule has 0 heterocycles. The number of carbonyl (C=O) groups is 1. The molecule has 1 N–H and O–H groups in total. The van der Waals surface area contributed by atoms with Crippen molar-refractivity contribution in [3.63, 3.8) is 0 Å². The van der Waals surface area contributed by atoms with Crippen LogP contribution in [0.4, 0.5) is 0 Å². The zero-order valence-electron chi connectivity index (χ0n) is 6.67. The predicted octanol–water partition coefficient (Wildman–Crippen LogP) is 2.13. The summed E-state index contributed by atoms with van der Waals surface area (Å²) in [6.07, 6.45) is 0.310. The van der Waals surface area contributed by atoms with Crippen molar-refractivity contribution in [3.05, 3.63) is 27.3 Å². The maximum Gasteiger partial charge on any atom is 0.134 e. The van der Waals surface area contributed by atoms with E-state index in [1.54, 1.807) is 12.1 Å². The van der Waals surface area contributed by atoms with E-state index in [-0.39, 0.29) is 11.5 Å². The van der Waals surface area contributed by atoms with Gasteiger partial charge in [0.1, 0.15) is 11.5 Å². The standard InChI is InChI=1S/C9H9IO2/c1-6(11)5-7-8(10)3-2-4-9(7)12/h2-4,12H,5H2,1H3. The minimum Gasteiger partial charge on any atom is -0.508 e. The van der Waals surface area contributed by atoms with E-state index in [0.717, 1.165) is 9.13 Å². The van der Waals surface area contributed by atoms with Gasteiger partial charge in [-0.25, -0.2) is 0 Å². The summed E-state index contributed by atoms with van der Waals surface area (Å²) in [6, 6.07) is 5.24. The van der Waals surface area contributed by atoms with Crippen molar-refractivity contribution in [1.82, 2.24) is 0 Å². The van der Waals surface area contributed by atoms with Gasteiger partial charge in [-0.2, -0.15) is 0 Å². The summed E-state index contributed by atoms with van der Waals surface area (Å²) >= 11 is 2.11. The van der Waals surface area contributed by atoms with Crippen molar-refractivity contribution in [2.24, 2.45) is 0 Å². The highest BCUT2D eigenvalue weighted by Gasteiger charge is 2.06. The van der Waals surface area contributed by atoms with E-state index in [9.17, 15) is 9.90 Å². The number of rotatable bonds is 2. The minimum absolute atomic E-state index is 0.0643. The van der Waals surface area contributed by atoms with E-state index < -0.39 is 0 Å². The molecule has 0 bridgehead atoms. The molecule has 64 valence electrons. The Morgan fingerprint density at radius 3 is 2.75 bits per heavy atom. The van der Waals surface area contributed by atoms with Gasteiger partial charge >= 0.3 is 0 Å². The van der Waals surface area contributed by atoms with Crippen LogP contribution in [0.1, 0.15) is 12.5 Å². The smallest absolute Gasteiger partial charge is 0.134 e. The summed E-state index contributed by atoms with van der Waals surface area (Å²) in [5, 5.41) is 9.38. The fourth-order valence-corrected chi connectivity index (χ4v) is 1.65. The Hall–Kier alpha value is -0.580. The number of ketones is 1. The third-order valence-corrected chi connectivity index (χ3v) is 2.53. The number of halogens is 1. The van der Waals surface area contributed by atoms with Crippen LogP contribution in [0.2, 0.25) is 0 Å². The summed E-state index contributed by atoms with van der Waals surface area (Å²) in [4.78, 5) is 10.8. The summed E-state index contributed by atoms with van der Waals surface area (Å²) in [5.74, 6) is 0.270. The van der Waals surface area contributed by atoms with Crippen molar-refractivity contribution < 1.29 is 9.90 Å². The molecule has 12 heavy (non-hydrogen) atoms. The molecular weight excluding hydrogens is 267 g/mol. The molecule has 0 amide bonds. The molecule has 0 spiro atoms. The molecule has 1 aromatic carbocycles. The van der Waals surface area contributed by atoms with E-state index in [4.69, 9.17) is 0 Å². The van der Waals surface area contributed by atoms with Crippen LogP contribution < -0.4 is 0 Å². The first kappa shape index (κ1) is 9.51. The zero-order chi connectivity index (χ0) is 9.14. The van der Waals surface area contributed by atoms with Crippen molar-refractivity contribution in [2.75, 3.05) is 0 Å². The summed E-state index contributed by atoms with van der Waals surface area (Å²) < 4.78 is 0.933.